The van der Waals surface area contributed by atoms with Crippen molar-refractivity contribution in [2.75, 3.05) is 23.9 Å². The topological polar surface area (TPSA) is 35.8 Å². The highest BCUT2D eigenvalue weighted by molar-refractivity contribution is 7.98. The van der Waals surface area contributed by atoms with Crippen LogP contribution in [0.4, 0.5) is 18.9 Å². The van der Waals surface area contributed by atoms with Crippen LogP contribution in [0, 0.1) is 17.2 Å². The van der Waals surface area contributed by atoms with E-state index in [4.69, 9.17) is 5.26 Å². The summed E-state index contributed by atoms with van der Waals surface area (Å²) in [5, 5.41) is 11.8. The Kier molecular flexibility index (Phi) is 5.55. The summed E-state index contributed by atoms with van der Waals surface area (Å²) in [5.41, 5.74) is -0.703. The number of nitrogens with one attached hydrogen (secondary N) is 1. The molecule has 0 bridgehead atoms. The molecule has 0 aliphatic heterocycles. The molecule has 0 radical (unpaired) electrons. The molecule has 1 N–H and O–H groups in total. The Morgan fingerprint density at radius 1 is 1.42 bits per heavy atom. The van der Waals surface area contributed by atoms with Crippen LogP contribution in [0.25, 0.3) is 0 Å². The lowest BCUT2D eigenvalue weighted by atomic mass is 10.1. The van der Waals surface area contributed by atoms with Crippen LogP contribution < -0.4 is 5.32 Å². The summed E-state index contributed by atoms with van der Waals surface area (Å²) >= 11 is 1.72. The molecule has 6 heteroatoms. The molecule has 1 atom stereocenters. The molecule has 0 aliphatic rings. The normalized spacial score (nSPS) is 12.8. The van der Waals surface area contributed by atoms with E-state index in [1.165, 1.54) is 12.1 Å². The third-order valence-electron chi connectivity index (χ3n) is 2.55. The van der Waals surface area contributed by atoms with Crippen LogP contribution in [-0.4, -0.2) is 18.6 Å². The third-order valence-corrected chi connectivity index (χ3v) is 3.45. The number of nitrogens with zero attached hydrogens (tertiary/aromatic N) is 1. The number of benzene rings is 1. The second-order valence-corrected chi connectivity index (χ2v) is 5.22. The van der Waals surface area contributed by atoms with Crippen molar-refractivity contribution in [3.63, 3.8) is 0 Å². The van der Waals surface area contributed by atoms with Crippen LogP contribution in [0.3, 0.4) is 0 Å². The second-order valence-electron chi connectivity index (χ2n) is 4.31. The molecule has 2 nitrogen and oxygen atoms in total. The van der Waals surface area contributed by atoms with E-state index in [1.54, 1.807) is 17.8 Å². The van der Waals surface area contributed by atoms with Crippen LogP contribution in [0.15, 0.2) is 18.2 Å². The van der Waals surface area contributed by atoms with Gasteiger partial charge in [0.2, 0.25) is 0 Å². The van der Waals surface area contributed by atoms with Gasteiger partial charge >= 0.3 is 6.18 Å². The highest BCUT2D eigenvalue weighted by Crippen LogP contribution is 2.33. The van der Waals surface area contributed by atoms with E-state index in [9.17, 15) is 13.2 Å². The minimum atomic E-state index is -4.49. The van der Waals surface area contributed by atoms with E-state index in [2.05, 4.69) is 12.2 Å². The molecular weight excluding hydrogens is 273 g/mol. The molecular formula is C13H15F3N2S. The predicted molar refractivity (Wildman–Crippen MR) is 72.2 cm³/mol. The monoisotopic (exact) mass is 288 g/mol. The van der Waals surface area contributed by atoms with Crippen molar-refractivity contribution in [3.05, 3.63) is 29.3 Å². The van der Waals surface area contributed by atoms with Gasteiger partial charge in [0, 0.05) is 12.2 Å². The average Bonchev–Trinajstić information content (AvgIpc) is 2.35. The lowest BCUT2D eigenvalue weighted by molar-refractivity contribution is -0.137. The minimum Gasteiger partial charge on any atom is -0.385 e. The van der Waals surface area contributed by atoms with Gasteiger partial charge in [0.1, 0.15) is 0 Å². The average molecular weight is 288 g/mol. The van der Waals surface area contributed by atoms with E-state index < -0.39 is 11.7 Å². The van der Waals surface area contributed by atoms with Crippen LogP contribution in [-0.2, 0) is 6.18 Å². The maximum absolute atomic E-state index is 12.6. The molecule has 1 rings (SSSR count). The zero-order valence-electron chi connectivity index (χ0n) is 10.7. The van der Waals surface area contributed by atoms with Gasteiger partial charge in [-0.25, -0.2) is 0 Å². The van der Waals surface area contributed by atoms with Crippen molar-refractivity contribution in [1.29, 1.82) is 5.26 Å². The zero-order chi connectivity index (χ0) is 14.5. The Morgan fingerprint density at radius 2 is 2.11 bits per heavy atom. The van der Waals surface area contributed by atoms with Crippen molar-refractivity contribution < 1.29 is 13.2 Å². The summed E-state index contributed by atoms with van der Waals surface area (Å²) in [6.07, 6.45) is -2.49. The number of alkyl halides is 3. The Bertz CT molecular complexity index is 466. The van der Waals surface area contributed by atoms with Gasteiger partial charge in [-0.3, -0.25) is 0 Å². The SMILES string of the molecule is CSCC(C)CNc1ccc(C(F)(F)F)c(C#N)c1. The van der Waals surface area contributed by atoms with Gasteiger partial charge in [-0.05, 0) is 36.1 Å². The Morgan fingerprint density at radius 3 is 2.63 bits per heavy atom. The molecule has 1 unspecified atom stereocenters. The van der Waals surface area contributed by atoms with Crippen LogP contribution in [0.1, 0.15) is 18.1 Å². The van der Waals surface area contributed by atoms with Crippen LogP contribution in [0.5, 0.6) is 0 Å². The molecule has 0 aromatic heterocycles. The summed E-state index contributed by atoms with van der Waals surface area (Å²) in [6.45, 7) is 2.72. The Balaban J connectivity index is 2.81. The Hall–Kier alpha value is -1.35. The van der Waals surface area contributed by atoms with E-state index in [0.29, 0.717) is 18.2 Å². The Labute approximate surface area is 115 Å². The first-order valence-corrected chi connectivity index (χ1v) is 7.12. The number of anilines is 1. The van der Waals surface area contributed by atoms with Crippen LogP contribution in [0.2, 0.25) is 0 Å². The standard InChI is InChI=1S/C13H15F3N2S/c1-9(8-19-2)7-18-11-3-4-12(13(14,15)16)10(5-11)6-17/h3-5,9,18H,7-8H2,1-2H3. The maximum Gasteiger partial charge on any atom is 0.417 e. The van der Waals surface area contributed by atoms with Gasteiger partial charge < -0.3 is 5.32 Å². The van der Waals surface area contributed by atoms with Crippen molar-refractivity contribution >= 4 is 17.4 Å². The molecule has 0 heterocycles. The van der Waals surface area contributed by atoms with Gasteiger partial charge in [-0.15, -0.1) is 0 Å². The molecule has 0 saturated heterocycles. The summed E-state index contributed by atoms with van der Waals surface area (Å²) in [4.78, 5) is 0. The number of nitriles is 1. The van der Waals surface area contributed by atoms with Crippen molar-refractivity contribution in [1.82, 2.24) is 0 Å². The smallest absolute Gasteiger partial charge is 0.385 e. The number of hydrogen-bond acceptors (Lipinski definition) is 3. The predicted octanol–water partition coefficient (Wildman–Crippen LogP) is 3.99. The summed E-state index contributed by atoms with van der Waals surface area (Å²) < 4.78 is 37.8. The van der Waals surface area contributed by atoms with Crippen molar-refractivity contribution in [3.8, 4) is 6.07 Å². The molecule has 104 valence electrons. The number of rotatable bonds is 5. The summed E-state index contributed by atoms with van der Waals surface area (Å²) in [7, 11) is 0. The molecule has 0 saturated carbocycles. The highest BCUT2D eigenvalue weighted by atomic mass is 32.2. The minimum absolute atomic E-state index is 0.352. The highest BCUT2D eigenvalue weighted by Gasteiger charge is 2.33. The van der Waals surface area contributed by atoms with E-state index in [1.807, 2.05) is 6.26 Å². The zero-order valence-corrected chi connectivity index (χ0v) is 11.5. The number of hydrogen-bond donors (Lipinski definition) is 1. The van der Waals surface area contributed by atoms with E-state index >= 15 is 0 Å². The van der Waals surface area contributed by atoms with Gasteiger partial charge in [0.25, 0.3) is 0 Å². The molecule has 0 spiro atoms. The second kappa shape index (κ2) is 6.71. The van der Waals surface area contributed by atoms with Gasteiger partial charge in [-0.2, -0.15) is 30.2 Å². The quantitative estimate of drug-likeness (QED) is 0.890. The third kappa shape index (κ3) is 4.67. The lowest BCUT2D eigenvalue weighted by Crippen LogP contribution is -2.14. The number of halogens is 3. The lowest BCUT2D eigenvalue weighted by Gasteiger charge is -2.14. The molecule has 0 aliphatic carbocycles. The molecule has 0 amide bonds. The van der Waals surface area contributed by atoms with Gasteiger partial charge in [0.15, 0.2) is 0 Å². The molecule has 0 fully saturated rings. The van der Waals surface area contributed by atoms with Crippen molar-refractivity contribution in [2.45, 2.75) is 13.1 Å². The molecule has 19 heavy (non-hydrogen) atoms. The molecule has 1 aromatic carbocycles. The molecule has 1 aromatic rings. The number of thioether (sulfide) groups is 1. The first kappa shape index (κ1) is 15.7. The fourth-order valence-corrected chi connectivity index (χ4v) is 2.32. The van der Waals surface area contributed by atoms with E-state index in [-0.39, 0.29) is 5.56 Å². The maximum atomic E-state index is 12.6. The fraction of sp³-hybridized carbons (Fsp3) is 0.462. The summed E-state index contributed by atoms with van der Waals surface area (Å²) in [5.74, 6) is 1.38. The van der Waals surface area contributed by atoms with Crippen LogP contribution >= 0.6 is 11.8 Å². The van der Waals surface area contributed by atoms with Crippen molar-refractivity contribution in [2.24, 2.45) is 5.92 Å². The van der Waals surface area contributed by atoms with Gasteiger partial charge in [-0.1, -0.05) is 6.92 Å². The largest absolute Gasteiger partial charge is 0.417 e. The van der Waals surface area contributed by atoms with Gasteiger partial charge in [0.05, 0.1) is 17.2 Å². The fourth-order valence-electron chi connectivity index (χ4n) is 1.63. The first-order chi connectivity index (χ1) is 8.88. The van der Waals surface area contributed by atoms with E-state index in [0.717, 1.165) is 11.8 Å². The summed E-state index contributed by atoms with van der Waals surface area (Å²) in [6, 6.07) is 5.14. The first-order valence-electron chi connectivity index (χ1n) is 5.72.